The largest absolute Gasteiger partial charge is 0.263 e. The molecule has 0 unspecified atom stereocenters. The van der Waals surface area contributed by atoms with Crippen LogP contribution in [0.5, 0.6) is 0 Å². The molecule has 0 bridgehead atoms. The number of nitriles is 3. The fourth-order valence-electron chi connectivity index (χ4n) is 5.05. The lowest BCUT2D eigenvalue weighted by Crippen LogP contribution is -2.16. The Hall–Kier alpha value is -3.94. The van der Waals surface area contributed by atoms with Crippen molar-refractivity contribution in [1.29, 1.82) is 15.8 Å². The van der Waals surface area contributed by atoms with Crippen molar-refractivity contribution in [3.05, 3.63) is 79.0 Å². The lowest BCUT2D eigenvalue weighted by molar-refractivity contribution is 0.653. The summed E-state index contributed by atoms with van der Waals surface area (Å²) >= 11 is 3.26. The maximum Gasteiger partial charge on any atom is 0.263 e. The van der Waals surface area contributed by atoms with E-state index in [0.29, 0.717) is 0 Å². The van der Waals surface area contributed by atoms with Crippen LogP contribution in [-0.2, 0) is 10.8 Å². The molecule has 0 atom stereocenters. The van der Waals surface area contributed by atoms with Crippen LogP contribution in [0.3, 0.4) is 0 Å². The third-order valence-electron chi connectivity index (χ3n) is 6.88. The van der Waals surface area contributed by atoms with Crippen molar-refractivity contribution < 1.29 is 0 Å². The molecule has 0 aliphatic heterocycles. The van der Waals surface area contributed by atoms with Gasteiger partial charge in [-0.3, -0.25) is 0 Å². The highest BCUT2D eigenvalue weighted by Gasteiger charge is 2.43. The second kappa shape index (κ2) is 7.28. The first-order chi connectivity index (χ1) is 16.1. The summed E-state index contributed by atoms with van der Waals surface area (Å²) < 4.78 is 0. The lowest BCUT2D eigenvalue weighted by atomic mass is 9.79. The number of benzene rings is 1. The molecule has 2 aliphatic carbocycles. The Morgan fingerprint density at radius 1 is 0.765 bits per heavy atom. The van der Waals surface area contributed by atoms with Gasteiger partial charge in [0.25, 0.3) is 5.70 Å². The van der Waals surface area contributed by atoms with Gasteiger partial charge < -0.3 is 0 Å². The molecule has 3 aromatic rings. The minimum absolute atomic E-state index is 0.0956. The topological polar surface area (TPSA) is 75.7 Å². The molecule has 0 saturated heterocycles. The Morgan fingerprint density at radius 2 is 1.24 bits per heavy atom. The van der Waals surface area contributed by atoms with Crippen molar-refractivity contribution in [2.45, 2.75) is 38.5 Å². The van der Waals surface area contributed by atoms with Crippen LogP contribution in [0.4, 0.5) is 0 Å². The fraction of sp³-hybridized carbons (Fsp3) is 0.214. The van der Waals surface area contributed by atoms with Crippen LogP contribution < -0.4 is 0 Å². The van der Waals surface area contributed by atoms with Gasteiger partial charge >= 0.3 is 0 Å². The third kappa shape index (κ3) is 2.91. The molecule has 5 rings (SSSR count). The van der Waals surface area contributed by atoms with E-state index in [4.69, 9.17) is 22.4 Å². The summed E-state index contributed by atoms with van der Waals surface area (Å²) in [6.07, 6.45) is 3.34. The molecule has 34 heavy (non-hydrogen) atoms. The number of allylic oxidation sites excluding steroid dienone is 2. The highest BCUT2D eigenvalue weighted by Crippen LogP contribution is 2.59. The standard InChI is InChI=1S/C28H18N4S2/c1-27(2)21-11-20-22(10-19(21)25-23(27)8-17(33-25)6-15(12-29)13-30)28(3,4)24-9-18(34-26(20)24)7-16(14-31)32-5/h6-11H,1-4H3/b16-7+. The molecule has 0 spiro atoms. The first kappa shape index (κ1) is 21.9. The van der Waals surface area contributed by atoms with Crippen molar-refractivity contribution in [3.63, 3.8) is 0 Å². The zero-order chi connectivity index (χ0) is 24.4. The highest BCUT2D eigenvalue weighted by molar-refractivity contribution is 7.17. The van der Waals surface area contributed by atoms with Crippen molar-refractivity contribution in [1.82, 2.24) is 0 Å². The van der Waals surface area contributed by atoms with Gasteiger partial charge in [-0.15, -0.1) is 22.7 Å². The lowest BCUT2D eigenvalue weighted by Gasteiger charge is -2.24. The molecular weight excluding hydrogens is 456 g/mol. The van der Waals surface area contributed by atoms with E-state index in [-0.39, 0.29) is 22.1 Å². The second-order valence-electron chi connectivity index (χ2n) is 9.51. The molecule has 2 aliphatic rings. The fourth-order valence-corrected chi connectivity index (χ4v) is 7.62. The summed E-state index contributed by atoms with van der Waals surface area (Å²) in [5.41, 5.74) is 7.26. The van der Waals surface area contributed by atoms with Crippen LogP contribution in [0, 0.1) is 40.6 Å². The van der Waals surface area contributed by atoms with Gasteiger partial charge in [-0.05, 0) is 69.8 Å². The van der Waals surface area contributed by atoms with Crippen molar-refractivity contribution >= 4 is 34.8 Å². The summed E-state index contributed by atoms with van der Waals surface area (Å²) in [5, 5.41) is 27.5. The molecule has 0 saturated carbocycles. The zero-order valence-corrected chi connectivity index (χ0v) is 20.7. The van der Waals surface area contributed by atoms with Gasteiger partial charge in [0.1, 0.15) is 17.7 Å². The Labute approximate surface area is 206 Å². The first-order valence-corrected chi connectivity index (χ1v) is 12.3. The van der Waals surface area contributed by atoms with Gasteiger partial charge in [-0.1, -0.05) is 27.7 Å². The number of fused-ring (bicyclic) bond motifs is 6. The first-order valence-electron chi connectivity index (χ1n) is 10.6. The average molecular weight is 475 g/mol. The zero-order valence-electron chi connectivity index (χ0n) is 19.1. The predicted molar refractivity (Wildman–Crippen MR) is 137 cm³/mol. The van der Waals surface area contributed by atoms with Crippen LogP contribution >= 0.6 is 22.7 Å². The minimum atomic E-state index is -0.202. The molecule has 1 aromatic carbocycles. The molecule has 0 N–H and O–H groups in total. The summed E-state index contributed by atoms with van der Waals surface area (Å²) in [6, 6.07) is 14.7. The summed E-state index contributed by atoms with van der Waals surface area (Å²) in [4.78, 5) is 7.56. The van der Waals surface area contributed by atoms with Crippen LogP contribution in [0.25, 0.3) is 37.9 Å². The van der Waals surface area contributed by atoms with E-state index in [0.717, 1.165) is 9.75 Å². The molecule has 4 nitrogen and oxygen atoms in total. The van der Waals surface area contributed by atoms with Gasteiger partial charge in [-0.25, -0.2) is 10.1 Å². The van der Waals surface area contributed by atoms with E-state index < -0.39 is 0 Å². The molecule has 162 valence electrons. The van der Waals surface area contributed by atoms with Gasteiger partial charge in [0.2, 0.25) is 0 Å². The average Bonchev–Trinajstić information content (AvgIpc) is 3.52. The molecular formula is C28H18N4S2. The molecule has 0 radical (unpaired) electrons. The van der Waals surface area contributed by atoms with Gasteiger partial charge in [0.05, 0.1) is 12.6 Å². The highest BCUT2D eigenvalue weighted by atomic mass is 32.1. The minimum Gasteiger partial charge on any atom is -0.227 e. The number of hydrogen-bond acceptors (Lipinski definition) is 5. The monoisotopic (exact) mass is 474 g/mol. The Balaban J connectivity index is 1.69. The number of hydrogen-bond donors (Lipinski definition) is 0. The van der Waals surface area contributed by atoms with E-state index in [1.165, 1.54) is 43.1 Å². The number of thiophene rings is 2. The number of nitrogens with zero attached hydrogens (tertiary/aromatic N) is 4. The Bertz CT molecular complexity index is 1490. The second-order valence-corrected chi connectivity index (χ2v) is 11.7. The van der Waals surface area contributed by atoms with Gasteiger partial charge in [-0.2, -0.15) is 10.5 Å². The van der Waals surface area contributed by atoms with Crippen LogP contribution in [0.2, 0.25) is 0 Å². The smallest absolute Gasteiger partial charge is 0.227 e. The van der Waals surface area contributed by atoms with Gasteiger partial charge in [0.15, 0.2) is 0 Å². The molecule has 2 heterocycles. The van der Waals surface area contributed by atoms with E-state index in [2.05, 4.69) is 56.8 Å². The van der Waals surface area contributed by atoms with E-state index >= 15 is 0 Å². The summed E-state index contributed by atoms with van der Waals surface area (Å²) in [6.45, 7) is 16.1. The normalized spacial score (nSPS) is 15.6. The van der Waals surface area contributed by atoms with E-state index in [9.17, 15) is 0 Å². The predicted octanol–water partition coefficient (Wildman–Crippen LogP) is 7.64. The maximum atomic E-state index is 9.16. The number of rotatable bonds is 2. The third-order valence-corrected chi connectivity index (χ3v) is 9.11. The molecule has 6 heteroatoms. The summed E-state index contributed by atoms with van der Waals surface area (Å²) in [5.74, 6) is 0. The van der Waals surface area contributed by atoms with Gasteiger partial charge in [0, 0.05) is 30.3 Å². The molecule has 0 amide bonds. The van der Waals surface area contributed by atoms with Crippen molar-refractivity contribution in [2.75, 3.05) is 0 Å². The quantitative estimate of drug-likeness (QED) is 0.283. The summed E-state index contributed by atoms with van der Waals surface area (Å²) in [7, 11) is 0. The Kier molecular flexibility index (Phi) is 4.69. The maximum absolute atomic E-state index is 9.16. The van der Waals surface area contributed by atoms with Crippen molar-refractivity contribution in [2.24, 2.45) is 0 Å². The molecule has 0 fully saturated rings. The van der Waals surface area contributed by atoms with Crippen molar-refractivity contribution in [3.8, 4) is 39.1 Å². The Morgan fingerprint density at radius 3 is 1.65 bits per heavy atom. The van der Waals surface area contributed by atoms with Crippen LogP contribution in [-0.4, -0.2) is 0 Å². The van der Waals surface area contributed by atoms with Crippen LogP contribution in [0.15, 0.2) is 35.5 Å². The van der Waals surface area contributed by atoms with E-state index in [1.54, 1.807) is 34.8 Å². The SMILES string of the molecule is [C-]#[N+]/C(C#N)=C/c1cc2c(s1)-c1cc3c(cc1C2(C)C)-c1sc(C=C(C#N)C#N)cc1C3(C)C. The van der Waals surface area contributed by atoms with Crippen LogP contribution in [0.1, 0.15) is 59.7 Å². The molecule has 2 aromatic heterocycles. The van der Waals surface area contributed by atoms with E-state index in [1.807, 2.05) is 18.2 Å².